The molecule has 0 bridgehead atoms. The van der Waals surface area contributed by atoms with E-state index in [4.69, 9.17) is 9.90 Å². The van der Waals surface area contributed by atoms with E-state index in [0.717, 1.165) is 37.0 Å². The van der Waals surface area contributed by atoms with Crippen molar-refractivity contribution in [3.63, 3.8) is 0 Å². The molecule has 0 radical (unpaired) electrons. The van der Waals surface area contributed by atoms with Gasteiger partial charge in [-0.25, -0.2) is 0 Å². The third kappa shape index (κ3) is 3.23. The number of aliphatic carboxylic acids is 1. The quantitative estimate of drug-likeness (QED) is 0.645. The molecule has 0 aromatic heterocycles. The van der Waals surface area contributed by atoms with E-state index in [0.29, 0.717) is 16.7 Å². The van der Waals surface area contributed by atoms with Crippen LogP contribution in [0, 0.1) is 40.4 Å². The maximum atomic E-state index is 10.9. The number of carboxylic acids is 1. The Balaban J connectivity index is 0.000000447. The second-order valence-corrected chi connectivity index (χ2v) is 10.3. The molecule has 0 aliphatic heterocycles. The predicted molar refractivity (Wildman–Crippen MR) is 105 cm³/mol. The first-order chi connectivity index (χ1) is 12.2. The van der Waals surface area contributed by atoms with Crippen LogP contribution in [0.1, 0.15) is 91.9 Å². The highest BCUT2D eigenvalue weighted by Crippen LogP contribution is 2.67. The van der Waals surface area contributed by atoms with E-state index < -0.39 is 5.97 Å². The van der Waals surface area contributed by atoms with Gasteiger partial charge in [-0.3, -0.25) is 4.79 Å². The molecule has 4 fully saturated rings. The van der Waals surface area contributed by atoms with Crippen LogP contribution in [0.2, 0.25) is 0 Å². The summed E-state index contributed by atoms with van der Waals surface area (Å²) in [4.78, 5) is 9.00. The Morgan fingerprint density at radius 3 is 2.38 bits per heavy atom. The minimum absolute atomic E-state index is 0.00788. The summed E-state index contributed by atoms with van der Waals surface area (Å²) in [6, 6.07) is 0. The minimum atomic E-state index is -0.833. The first-order valence-electron chi connectivity index (χ1n) is 11.1. The second kappa shape index (κ2) is 7.45. The number of rotatable bonds is 1. The van der Waals surface area contributed by atoms with E-state index in [9.17, 15) is 5.11 Å². The molecule has 2 unspecified atom stereocenters. The van der Waals surface area contributed by atoms with Gasteiger partial charge in [-0.2, -0.15) is 0 Å². The number of aliphatic hydroxyl groups excluding tert-OH is 1. The number of carboxylic acid groups (broad SMARTS) is 1. The Bertz CT molecular complexity index is 514. The Hall–Kier alpha value is -0.570. The predicted octanol–water partition coefficient (Wildman–Crippen LogP) is 5.51. The lowest BCUT2D eigenvalue weighted by Gasteiger charge is -2.60. The molecule has 4 aliphatic rings. The molecule has 0 saturated heterocycles. The SMILES string of the molecule is CC(=O)O.CC[C@H]1CC(O)[C@H]2[C@@H]3CCC4CCCC[C@]4(C)[C@H]3CC[C@]12C. The molecular formula is C23H40O3. The Morgan fingerprint density at radius 1 is 1.04 bits per heavy atom. The van der Waals surface area contributed by atoms with Gasteiger partial charge in [0, 0.05) is 6.92 Å². The summed E-state index contributed by atoms with van der Waals surface area (Å²) < 4.78 is 0. The average Bonchev–Trinajstić information content (AvgIpc) is 2.84. The van der Waals surface area contributed by atoms with Gasteiger partial charge >= 0.3 is 0 Å². The summed E-state index contributed by atoms with van der Waals surface area (Å²) in [5, 5.41) is 18.3. The van der Waals surface area contributed by atoms with Crippen molar-refractivity contribution in [1.82, 2.24) is 0 Å². The van der Waals surface area contributed by atoms with Crippen molar-refractivity contribution in [3.05, 3.63) is 0 Å². The Labute approximate surface area is 160 Å². The molecule has 26 heavy (non-hydrogen) atoms. The fraction of sp³-hybridized carbons (Fsp3) is 0.957. The van der Waals surface area contributed by atoms with Gasteiger partial charge in [-0.05, 0) is 85.4 Å². The number of hydrogen-bond acceptors (Lipinski definition) is 2. The van der Waals surface area contributed by atoms with Crippen molar-refractivity contribution in [2.24, 2.45) is 40.4 Å². The number of fused-ring (bicyclic) bond motifs is 5. The molecule has 4 saturated carbocycles. The molecule has 0 heterocycles. The number of aliphatic hydroxyl groups is 1. The summed E-state index contributed by atoms with van der Waals surface area (Å²) in [6.07, 6.45) is 13.9. The smallest absolute Gasteiger partial charge is 0.300 e. The van der Waals surface area contributed by atoms with E-state index in [2.05, 4.69) is 20.8 Å². The maximum absolute atomic E-state index is 10.9. The van der Waals surface area contributed by atoms with Crippen molar-refractivity contribution < 1.29 is 15.0 Å². The van der Waals surface area contributed by atoms with Crippen LogP contribution >= 0.6 is 0 Å². The van der Waals surface area contributed by atoms with E-state index in [1.165, 1.54) is 57.8 Å². The fourth-order valence-corrected chi connectivity index (χ4v) is 8.11. The molecule has 0 amide bonds. The van der Waals surface area contributed by atoms with Gasteiger partial charge < -0.3 is 10.2 Å². The van der Waals surface area contributed by atoms with Crippen LogP contribution in [-0.4, -0.2) is 22.3 Å². The Kier molecular flexibility index (Phi) is 5.78. The first-order valence-corrected chi connectivity index (χ1v) is 11.1. The topological polar surface area (TPSA) is 57.5 Å². The van der Waals surface area contributed by atoms with Crippen molar-refractivity contribution in [2.75, 3.05) is 0 Å². The summed E-state index contributed by atoms with van der Waals surface area (Å²) in [7, 11) is 0. The summed E-state index contributed by atoms with van der Waals surface area (Å²) in [5.41, 5.74) is 1.04. The fourth-order valence-electron chi connectivity index (χ4n) is 8.11. The molecule has 3 nitrogen and oxygen atoms in total. The van der Waals surface area contributed by atoms with Gasteiger partial charge in [0.1, 0.15) is 0 Å². The largest absolute Gasteiger partial charge is 0.481 e. The van der Waals surface area contributed by atoms with Gasteiger partial charge in [-0.1, -0.05) is 40.0 Å². The lowest BCUT2D eigenvalue weighted by Crippen LogP contribution is -2.54. The molecule has 150 valence electrons. The lowest BCUT2D eigenvalue weighted by molar-refractivity contribution is -0.134. The minimum Gasteiger partial charge on any atom is -0.481 e. The van der Waals surface area contributed by atoms with E-state index in [1.54, 1.807) is 0 Å². The lowest BCUT2D eigenvalue weighted by atomic mass is 9.44. The van der Waals surface area contributed by atoms with Gasteiger partial charge in [0.05, 0.1) is 6.10 Å². The molecule has 4 aliphatic carbocycles. The van der Waals surface area contributed by atoms with E-state index in [1.807, 2.05) is 0 Å². The zero-order chi connectivity index (χ0) is 19.1. The summed E-state index contributed by atoms with van der Waals surface area (Å²) in [6.45, 7) is 8.60. The molecule has 8 atom stereocenters. The van der Waals surface area contributed by atoms with E-state index in [-0.39, 0.29) is 6.10 Å². The number of hydrogen-bond donors (Lipinski definition) is 2. The highest BCUT2D eigenvalue weighted by molar-refractivity contribution is 5.62. The van der Waals surface area contributed by atoms with Crippen LogP contribution < -0.4 is 0 Å². The first kappa shape index (κ1) is 20.2. The van der Waals surface area contributed by atoms with Crippen LogP contribution in [0.25, 0.3) is 0 Å². The van der Waals surface area contributed by atoms with Gasteiger partial charge in [-0.15, -0.1) is 0 Å². The molecular weight excluding hydrogens is 324 g/mol. The molecule has 0 aromatic rings. The van der Waals surface area contributed by atoms with Crippen molar-refractivity contribution in [1.29, 1.82) is 0 Å². The van der Waals surface area contributed by atoms with Crippen LogP contribution in [0.4, 0.5) is 0 Å². The van der Waals surface area contributed by atoms with Gasteiger partial charge in [0.25, 0.3) is 5.97 Å². The highest BCUT2D eigenvalue weighted by atomic mass is 16.4. The highest BCUT2D eigenvalue weighted by Gasteiger charge is 2.61. The van der Waals surface area contributed by atoms with Crippen LogP contribution in [0.5, 0.6) is 0 Å². The van der Waals surface area contributed by atoms with Crippen molar-refractivity contribution in [3.8, 4) is 0 Å². The molecule has 3 heteroatoms. The van der Waals surface area contributed by atoms with Crippen molar-refractivity contribution in [2.45, 2.75) is 98.0 Å². The van der Waals surface area contributed by atoms with Crippen LogP contribution in [-0.2, 0) is 4.79 Å². The third-order valence-electron chi connectivity index (χ3n) is 9.25. The zero-order valence-corrected chi connectivity index (χ0v) is 17.3. The molecule has 4 rings (SSSR count). The average molecular weight is 365 g/mol. The zero-order valence-electron chi connectivity index (χ0n) is 17.3. The van der Waals surface area contributed by atoms with Crippen LogP contribution in [0.3, 0.4) is 0 Å². The van der Waals surface area contributed by atoms with E-state index >= 15 is 0 Å². The van der Waals surface area contributed by atoms with Gasteiger partial charge in [0.2, 0.25) is 0 Å². The molecule has 0 spiro atoms. The standard InChI is InChI=1S/C21H36O.C2H4O2/c1-4-14-13-18(22)19-16-9-8-15-7-5-6-11-20(15,2)17(16)10-12-21(14,19)3;1-2(3)4/h14-19,22H,4-13H2,1-3H3;1H3,(H,3,4)/t14-,15?,16+,17-,18?,19+,20-,21+;/m0./s1. The third-order valence-corrected chi connectivity index (χ3v) is 9.25. The van der Waals surface area contributed by atoms with Crippen molar-refractivity contribution >= 4 is 5.97 Å². The summed E-state index contributed by atoms with van der Waals surface area (Å²) in [5.74, 6) is 3.27. The monoisotopic (exact) mass is 364 g/mol. The Morgan fingerprint density at radius 2 is 1.73 bits per heavy atom. The van der Waals surface area contributed by atoms with Gasteiger partial charge in [0.15, 0.2) is 0 Å². The molecule has 0 aromatic carbocycles. The summed E-state index contributed by atoms with van der Waals surface area (Å²) >= 11 is 0. The molecule has 2 N–H and O–H groups in total. The van der Waals surface area contributed by atoms with Crippen LogP contribution in [0.15, 0.2) is 0 Å². The normalized spacial score (nSPS) is 49.9. The second-order valence-electron chi connectivity index (χ2n) is 10.3. The maximum Gasteiger partial charge on any atom is 0.300 e. The number of carbonyl (C=O) groups is 1.